The topological polar surface area (TPSA) is 82.5 Å². The van der Waals surface area contributed by atoms with Crippen LogP contribution in [-0.2, 0) is 4.79 Å². The molecule has 1 fully saturated rings. The number of hydrogen-bond acceptors (Lipinski definition) is 4. The van der Waals surface area contributed by atoms with Crippen molar-refractivity contribution >= 4 is 17.7 Å². The third-order valence-corrected chi connectivity index (χ3v) is 3.20. The summed E-state index contributed by atoms with van der Waals surface area (Å²) in [7, 11) is 0. The van der Waals surface area contributed by atoms with Gasteiger partial charge in [0.25, 0.3) is 0 Å². The average Bonchev–Trinajstić information content (AvgIpc) is 2.89. The van der Waals surface area contributed by atoms with Gasteiger partial charge in [-0.05, 0) is 31.9 Å². The maximum absolute atomic E-state index is 11.8. The first-order valence-electron chi connectivity index (χ1n) is 6.30. The summed E-state index contributed by atoms with van der Waals surface area (Å²) >= 11 is 0. The normalized spacial score (nSPS) is 14.5. The summed E-state index contributed by atoms with van der Waals surface area (Å²) in [6.45, 7) is 3.48. The Morgan fingerprint density at radius 2 is 2.05 bits per heavy atom. The minimum Gasteiger partial charge on any atom is -0.478 e. The maximum atomic E-state index is 11.8. The number of rotatable bonds is 4. The lowest BCUT2D eigenvalue weighted by Crippen LogP contribution is -2.33. The van der Waals surface area contributed by atoms with Crippen molar-refractivity contribution in [2.75, 3.05) is 25.0 Å². The van der Waals surface area contributed by atoms with Crippen LogP contribution in [0, 0.1) is 6.92 Å². The number of aromatic carboxylic acids is 1. The summed E-state index contributed by atoms with van der Waals surface area (Å²) in [5.74, 6) is -0.418. The Bertz CT molecular complexity index is 496. The van der Waals surface area contributed by atoms with Gasteiger partial charge in [0, 0.05) is 13.1 Å². The molecule has 1 aromatic heterocycles. The van der Waals surface area contributed by atoms with Crippen LogP contribution in [0.3, 0.4) is 0 Å². The van der Waals surface area contributed by atoms with Gasteiger partial charge in [-0.25, -0.2) is 9.78 Å². The predicted octanol–water partition coefficient (Wildman–Crippen LogP) is 1.12. The summed E-state index contributed by atoms with van der Waals surface area (Å²) in [6.07, 6.45) is 2.13. The molecule has 1 saturated heterocycles. The number of aromatic nitrogens is 1. The Labute approximate surface area is 111 Å². The maximum Gasteiger partial charge on any atom is 0.337 e. The van der Waals surface area contributed by atoms with Crippen molar-refractivity contribution < 1.29 is 14.7 Å². The molecule has 102 valence electrons. The molecule has 6 heteroatoms. The van der Waals surface area contributed by atoms with E-state index in [1.807, 2.05) is 4.90 Å². The summed E-state index contributed by atoms with van der Waals surface area (Å²) in [4.78, 5) is 28.6. The molecular formula is C13H17N3O3. The molecule has 0 bridgehead atoms. The molecule has 1 amide bonds. The van der Waals surface area contributed by atoms with E-state index in [9.17, 15) is 9.59 Å². The van der Waals surface area contributed by atoms with E-state index in [1.165, 1.54) is 6.07 Å². The van der Waals surface area contributed by atoms with Gasteiger partial charge < -0.3 is 15.3 Å². The van der Waals surface area contributed by atoms with Crippen LogP contribution in [0.4, 0.5) is 5.82 Å². The first kappa shape index (κ1) is 13.3. The van der Waals surface area contributed by atoms with Crippen molar-refractivity contribution in [2.24, 2.45) is 0 Å². The first-order valence-corrected chi connectivity index (χ1v) is 6.30. The van der Waals surface area contributed by atoms with Gasteiger partial charge in [-0.3, -0.25) is 4.79 Å². The summed E-state index contributed by atoms with van der Waals surface area (Å²) in [5.41, 5.74) is 0.613. The van der Waals surface area contributed by atoms with E-state index >= 15 is 0 Å². The van der Waals surface area contributed by atoms with E-state index in [-0.39, 0.29) is 18.0 Å². The molecule has 2 N–H and O–H groups in total. The Hall–Kier alpha value is -2.11. The number of nitrogens with zero attached hydrogens (tertiary/aromatic N) is 2. The smallest absolute Gasteiger partial charge is 0.337 e. The SMILES string of the molecule is Cc1nc(NCC(=O)N2CCCC2)ccc1C(=O)O. The second-order valence-electron chi connectivity index (χ2n) is 4.58. The zero-order valence-electron chi connectivity index (χ0n) is 10.8. The molecule has 0 atom stereocenters. The quantitative estimate of drug-likeness (QED) is 0.850. The van der Waals surface area contributed by atoms with Crippen molar-refractivity contribution in [1.82, 2.24) is 9.88 Å². The Balaban J connectivity index is 1.94. The highest BCUT2D eigenvalue weighted by Gasteiger charge is 2.17. The molecular weight excluding hydrogens is 246 g/mol. The minimum absolute atomic E-state index is 0.0549. The summed E-state index contributed by atoms with van der Waals surface area (Å²) in [5, 5.41) is 11.8. The number of aryl methyl sites for hydroxylation is 1. The fourth-order valence-electron chi connectivity index (χ4n) is 2.13. The molecule has 6 nitrogen and oxygen atoms in total. The van der Waals surface area contributed by atoms with Crippen molar-refractivity contribution in [3.8, 4) is 0 Å². The van der Waals surface area contributed by atoms with Gasteiger partial charge in [0.2, 0.25) is 5.91 Å². The highest BCUT2D eigenvalue weighted by molar-refractivity contribution is 5.89. The lowest BCUT2D eigenvalue weighted by molar-refractivity contribution is -0.128. The number of carboxylic acid groups (broad SMARTS) is 1. The van der Waals surface area contributed by atoms with Gasteiger partial charge >= 0.3 is 5.97 Å². The molecule has 0 unspecified atom stereocenters. The first-order chi connectivity index (χ1) is 9.08. The standard InChI is InChI=1S/C13H17N3O3/c1-9-10(13(18)19)4-5-11(15-9)14-8-12(17)16-6-2-3-7-16/h4-5H,2-3,6-8H2,1H3,(H,14,15)(H,18,19). The number of carbonyl (C=O) groups is 2. The van der Waals surface area contributed by atoms with Gasteiger partial charge in [-0.1, -0.05) is 0 Å². The number of carboxylic acids is 1. The Morgan fingerprint density at radius 3 is 2.63 bits per heavy atom. The van der Waals surface area contributed by atoms with Crippen molar-refractivity contribution in [2.45, 2.75) is 19.8 Å². The second kappa shape index (κ2) is 5.69. The number of carbonyl (C=O) groups excluding carboxylic acids is 1. The molecule has 2 rings (SSSR count). The van der Waals surface area contributed by atoms with Crippen molar-refractivity contribution in [1.29, 1.82) is 0 Å². The van der Waals surface area contributed by atoms with Crippen molar-refractivity contribution in [3.63, 3.8) is 0 Å². The van der Waals surface area contributed by atoms with Crippen molar-refractivity contribution in [3.05, 3.63) is 23.4 Å². The van der Waals surface area contributed by atoms with Gasteiger partial charge in [-0.2, -0.15) is 0 Å². The molecule has 1 aromatic rings. The highest BCUT2D eigenvalue weighted by Crippen LogP contribution is 2.11. The monoisotopic (exact) mass is 263 g/mol. The van der Waals surface area contributed by atoms with Crippen LogP contribution in [-0.4, -0.2) is 46.5 Å². The minimum atomic E-state index is -0.996. The number of hydrogen-bond donors (Lipinski definition) is 2. The van der Waals surface area contributed by atoms with Crippen LogP contribution >= 0.6 is 0 Å². The van der Waals surface area contributed by atoms with Crippen LogP contribution < -0.4 is 5.32 Å². The number of pyridine rings is 1. The van der Waals surface area contributed by atoms with Crippen LogP contribution in [0.1, 0.15) is 28.9 Å². The van der Waals surface area contributed by atoms with Gasteiger partial charge in [-0.15, -0.1) is 0 Å². The fourth-order valence-corrected chi connectivity index (χ4v) is 2.13. The average molecular weight is 263 g/mol. The van der Waals surface area contributed by atoms with Crippen LogP contribution in [0.25, 0.3) is 0 Å². The largest absolute Gasteiger partial charge is 0.478 e. The number of nitrogens with one attached hydrogen (secondary N) is 1. The van der Waals surface area contributed by atoms with Crippen LogP contribution in [0.2, 0.25) is 0 Å². The number of anilines is 1. The molecule has 0 aromatic carbocycles. The van der Waals surface area contributed by atoms with E-state index in [1.54, 1.807) is 13.0 Å². The molecule has 0 aliphatic carbocycles. The molecule has 1 aliphatic heterocycles. The third-order valence-electron chi connectivity index (χ3n) is 3.20. The van der Waals surface area contributed by atoms with Gasteiger partial charge in [0.05, 0.1) is 17.8 Å². The molecule has 1 aliphatic rings. The van der Waals surface area contributed by atoms with E-state index in [4.69, 9.17) is 5.11 Å². The van der Waals surface area contributed by atoms with E-state index in [0.717, 1.165) is 25.9 Å². The lowest BCUT2D eigenvalue weighted by atomic mass is 10.2. The molecule has 0 radical (unpaired) electrons. The van der Waals surface area contributed by atoms with Crippen LogP contribution in [0.5, 0.6) is 0 Å². The Kier molecular flexibility index (Phi) is 3.99. The summed E-state index contributed by atoms with van der Waals surface area (Å²) in [6, 6.07) is 3.07. The summed E-state index contributed by atoms with van der Waals surface area (Å²) < 4.78 is 0. The number of likely N-dealkylation sites (tertiary alicyclic amines) is 1. The van der Waals surface area contributed by atoms with Crippen LogP contribution in [0.15, 0.2) is 12.1 Å². The molecule has 0 spiro atoms. The zero-order valence-corrected chi connectivity index (χ0v) is 10.8. The van der Waals surface area contributed by atoms with Gasteiger partial charge in [0.15, 0.2) is 0 Å². The predicted molar refractivity (Wildman–Crippen MR) is 70.2 cm³/mol. The molecule has 19 heavy (non-hydrogen) atoms. The third kappa shape index (κ3) is 3.21. The van der Waals surface area contributed by atoms with E-state index < -0.39 is 5.97 Å². The highest BCUT2D eigenvalue weighted by atomic mass is 16.4. The Morgan fingerprint density at radius 1 is 1.37 bits per heavy atom. The number of amides is 1. The molecule has 2 heterocycles. The molecule has 0 saturated carbocycles. The van der Waals surface area contributed by atoms with E-state index in [2.05, 4.69) is 10.3 Å². The van der Waals surface area contributed by atoms with E-state index in [0.29, 0.717) is 11.5 Å². The van der Waals surface area contributed by atoms with Gasteiger partial charge in [0.1, 0.15) is 5.82 Å². The zero-order chi connectivity index (χ0) is 13.8. The second-order valence-corrected chi connectivity index (χ2v) is 4.58. The fraction of sp³-hybridized carbons (Fsp3) is 0.462. The lowest BCUT2D eigenvalue weighted by Gasteiger charge is -2.15.